The lowest BCUT2D eigenvalue weighted by atomic mass is 10.2. The molecule has 30 heavy (non-hydrogen) atoms. The number of furan rings is 1. The maximum atomic E-state index is 12.6. The van der Waals surface area contributed by atoms with Crippen molar-refractivity contribution in [1.82, 2.24) is 4.57 Å². The average Bonchev–Trinajstić information content (AvgIpc) is 3.32. The largest absolute Gasteiger partial charge is 0.467 e. The van der Waals surface area contributed by atoms with E-state index in [9.17, 15) is 19.7 Å². The molecule has 0 aliphatic carbocycles. The van der Waals surface area contributed by atoms with Gasteiger partial charge in [0, 0.05) is 17.5 Å². The molecule has 1 N–H and O–H groups in total. The van der Waals surface area contributed by atoms with Crippen LogP contribution in [0.25, 0.3) is 0 Å². The molecule has 2 heterocycles. The molecule has 1 amide bonds. The molecule has 0 aliphatic rings. The fourth-order valence-corrected chi connectivity index (χ4v) is 3.06. The van der Waals surface area contributed by atoms with Gasteiger partial charge in [0.25, 0.3) is 11.6 Å². The smallest absolute Gasteiger partial charge is 0.340 e. The lowest BCUT2D eigenvalue weighted by Gasteiger charge is -2.14. The van der Waals surface area contributed by atoms with Crippen molar-refractivity contribution in [2.75, 3.05) is 5.32 Å². The van der Waals surface area contributed by atoms with Crippen molar-refractivity contribution in [3.63, 3.8) is 0 Å². The number of nitro groups is 1. The van der Waals surface area contributed by atoms with E-state index in [0.29, 0.717) is 17.8 Å². The first-order valence-corrected chi connectivity index (χ1v) is 9.22. The molecule has 3 rings (SSSR count). The highest BCUT2D eigenvalue weighted by molar-refractivity contribution is 5.99. The van der Waals surface area contributed by atoms with Gasteiger partial charge < -0.3 is 19.0 Å². The van der Waals surface area contributed by atoms with Crippen LogP contribution in [0.3, 0.4) is 0 Å². The van der Waals surface area contributed by atoms with E-state index >= 15 is 0 Å². The third kappa shape index (κ3) is 4.40. The Kier molecular flexibility index (Phi) is 6.01. The van der Waals surface area contributed by atoms with Gasteiger partial charge in [-0.25, -0.2) is 4.79 Å². The maximum Gasteiger partial charge on any atom is 0.340 e. The minimum atomic E-state index is -1.15. The second-order valence-corrected chi connectivity index (χ2v) is 6.76. The number of nitrogens with one attached hydrogen (secondary N) is 1. The minimum absolute atomic E-state index is 0.0343. The Morgan fingerprint density at radius 2 is 1.97 bits per heavy atom. The predicted octanol–water partition coefficient (Wildman–Crippen LogP) is 3.84. The van der Waals surface area contributed by atoms with Gasteiger partial charge in [0.1, 0.15) is 11.4 Å². The Labute approximate surface area is 172 Å². The number of hydrogen-bond acceptors (Lipinski definition) is 6. The topological polar surface area (TPSA) is 117 Å². The summed E-state index contributed by atoms with van der Waals surface area (Å²) >= 11 is 0. The highest BCUT2D eigenvalue weighted by Gasteiger charge is 2.24. The number of anilines is 1. The minimum Gasteiger partial charge on any atom is -0.467 e. The summed E-state index contributed by atoms with van der Waals surface area (Å²) < 4.78 is 12.6. The molecular formula is C21H21N3O6. The van der Waals surface area contributed by atoms with Crippen molar-refractivity contribution in [2.24, 2.45) is 0 Å². The van der Waals surface area contributed by atoms with Crippen LogP contribution < -0.4 is 5.32 Å². The van der Waals surface area contributed by atoms with Crippen LogP contribution in [0.4, 0.5) is 11.4 Å². The van der Waals surface area contributed by atoms with Crippen LogP contribution in [-0.2, 0) is 16.1 Å². The molecule has 1 atom stereocenters. The molecule has 2 aromatic heterocycles. The van der Waals surface area contributed by atoms with E-state index in [2.05, 4.69) is 5.32 Å². The van der Waals surface area contributed by atoms with E-state index in [0.717, 1.165) is 11.5 Å². The lowest BCUT2D eigenvalue weighted by Crippen LogP contribution is -2.30. The van der Waals surface area contributed by atoms with Crippen molar-refractivity contribution in [3.8, 4) is 0 Å². The molecular weight excluding hydrogens is 390 g/mol. The summed E-state index contributed by atoms with van der Waals surface area (Å²) in [6, 6.07) is 11.1. The van der Waals surface area contributed by atoms with Gasteiger partial charge in [-0.15, -0.1) is 0 Å². The van der Waals surface area contributed by atoms with Crippen molar-refractivity contribution in [3.05, 3.63) is 81.6 Å². The number of nitrogens with zero attached hydrogens (tertiary/aromatic N) is 2. The van der Waals surface area contributed by atoms with Gasteiger partial charge in [-0.2, -0.15) is 0 Å². The summed E-state index contributed by atoms with van der Waals surface area (Å²) in [5.41, 5.74) is 1.65. The zero-order valence-corrected chi connectivity index (χ0v) is 16.7. The van der Waals surface area contributed by atoms with Crippen molar-refractivity contribution in [2.45, 2.75) is 33.4 Å². The Balaban J connectivity index is 1.70. The first kappa shape index (κ1) is 20.8. The number of amides is 1. The van der Waals surface area contributed by atoms with Crippen molar-refractivity contribution < 1.29 is 23.7 Å². The third-order valence-electron chi connectivity index (χ3n) is 4.70. The third-order valence-corrected chi connectivity index (χ3v) is 4.70. The molecule has 0 unspecified atom stereocenters. The summed E-state index contributed by atoms with van der Waals surface area (Å²) in [4.78, 5) is 35.5. The van der Waals surface area contributed by atoms with Gasteiger partial charge in [0.2, 0.25) is 0 Å². The Hall–Kier alpha value is -3.88. The number of nitro benzene ring substituents is 1. The van der Waals surface area contributed by atoms with E-state index in [-0.39, 0.29) is 11.4 Å². The maximum absolute atomic E-state index is 12.6. The van der Waals surface area contributed by atoms with Crippen LogP contribution in [-0.4, -0.2) is 27.5 Å². The van der Waals surface area contributed by atoms with Gasteiger partial charge in [0.15, 0.2) is 6.10 Å². The summed E-state index contributed by atoms with van der Waals surface area (Å²) in [7, 11) is 0. The van der Waals surface area contributed by atoms with E-state index in [4.69, 9.17) is 9.15 Å². The molecule has 0 saturated carbocycles. The molecule has 3 aromatic rings. The number of benzene rings is 1. The highest BCUT2D eigenvalue weighted by Crippen LogP contribution is 2.24. The lowest BCUT2D eigenvalue weighted by molar-refractivity contribution is -0.383. The van der Waals surface area contributed by atoms with Gasteiger partial charge in [-0.1, -0.05) is 12.1 Å². The number of aryl methyl sites for hydroxylation is 1. The number of hydrogen-bond donors (Lipinski definition) is 1. The zero-order chi connectivity index (χ0) is 21.8. The van der Waals surface area contributed by atoms with Crippen LogP contribution in [0.1, 0.15) is 34.4 Å². The molecule has 0 saturated heterocycles. The number of rotatable bonds is 7. The number of esters is 1. The normalized spacial score (nSPS) is 11.7. The zero-order valence-electron chi connectivity index (χ0n) is 16.7. The number of para-hydroxylation sites is 2. The first-order valence-electron chi connectivity index (χ1n) is 9.22. The van der Waals surface area contributed by atoms with Crippen LogP contribution in [0.5, 0.6) is 0 Å². The summed E-state index contributed by atoms with van der Waals surface area (Å²) in [6.07, 6.45) is 0.432. The van der Waals surface area contributed by atoms with Crippen LogP contribution in [0.15, 0.2) is 53.1 Å². The Morgan fingerprint density at radius 3 is 2.63 bits per heavy atom. The van der Waals surface area contributed by atoms with E-state index in [1.165, 1.54) is 25.1 Å². The monoisotopic (exact) mass is 411 g/mol. The first-order chi connectivity index (χ1) is 14.3. The van der Waals surface area contributed by atoms with Gasteiger partial charge in [0.05, 0.1) is 23.3 Å². The molecule has 0 spiro atoms. The summed E-state index contributed by atoms with van der Waals surface area (Å²) in [5, 5.41) is 13.5. The molecule has 0 bridgehead atoms. The van der Waals surface area contributed by atoms with Gasteiger partial charge in [-0.3, -0.25) is 14.9 Å². The van der Waals surface area contributed by atoms with Crippen molar-refractivity contribution in [1.29, 1.82) is 0 Å². The van der Waals surface area contributed by atoms with Crippen LogP contribution >= 0.6 is 0 Å². The fraction of sp³-hybridized carbons (Fsp3) is 0.238. The summed E-state index contributed by atoms with van der Waals surface area (Å²) in [5.74, 6) is -0.574. The molecule has 1 aromatic carbocycles. The van der Waals surface area contributed by atoms with Crippen molar-refractivity contribution >= 4 is 23.3 Å². The van der Waals surface area contributed by atoms with Crippen LogP contribution in [0.2, 0.25) is 0 Å². The number of aromatic nitrogens is 1. The van der Waals surface area contributed by atoms with E-state index < -0.39 is 22.9 Å². The standard InChI is InChI=1S/C21H21N3O6/c1-13-11-17(14(2)23(13)12-16-7-6-10-29-16)21(26)30-15(3)20(25)22-18-8-4-5-9-19(18)24(27)28/h4-11,15H,12H2,1-3H3,(H,22,25)/t15-/m1/s1. The molecule has 0 radical (unpaired) electrons. The Bertz CT molecular complexity index is 1080. The fourth-order valence-electron chi connectivity index (χ4n) is 3.06. The van der Waals surface area contributed by atoms with E-state index in [1.54, 1.807) is 31.4 Å². The molecule has 0 aliphatic heterocycles. The number of carbonyl (C=O) groups is 2. The van der Waals surface area contributed by atoms with E-state index in [1.807, 2.05) is 17.6 Å². The molecule has 9 nitrogen and oxygen atoms in total. The molecule has 156 valence electrons. The van der Waals surface area contributed by atoms with Gasteiger partial charge in [-0.05, 0) is 45.0 Å². The number of carbonyl (C=O) groups excluding carboxylic acids is 2. The number of ether oxygens (including phenoxy) is 1. The predicted molar refractivity (Wildman–Crippen MR) is 108 cm³/mol. The summed E-state index contributed by atoms with van der Waals surface area (Å²) in [6.45, 7) is 5.51. The highest BCUT2D eigenvalue weighted by atomic mass is 16.6. The average molecular weight is 411 g/mol. The second kappa shape index (κ2) is 8.64. The van der Waals surface area contributed by atoms with Crippen LogP contribution in [0, 0.1) is 24.0 Å². The molecule has 9 heteroatoms. The quantitative estimate of drug-likeness (QED) is 0.359. The Morgan fingerprint density at radius 1 is 1.23 bits per heavy atom. The SMILES string of the molecule is Cc1cc(C(=O)O[C@H](C)C(=O)Nc2ccccc2[N+](=O)[O-])c(C)n1Cc1ccco1. The second-order valence-electron chi connectivity index (χ2n) is 6.76. The molecule has 0 fully saturated rings. The van der Waals surface area contributed by atoms with Gasteiger partial charge >= 0.3 is 5.97 Å².